The normalized spacial score (nSPS) is 14.4. The summed E-state index contributed by atoms with van der Waals surface area (Å²) in [4.78, 5) is 15.4. The van der Waals surface area contributed by atoms with Gasteiger partial charge in [0, 0.05) is 30.4 Å². The van der Waals surface area contributed by atoms with E-state index in [-0.39, 0.29) is 6.03 Å². The summed E-state index contributed by atoms with van der Waals surface area (Å²) in [6.07, 6.45) is 0. The number of carbonyl (C=O) groups excluding carboxylic acids is 1. The summed E-state index contributed by atoms with van der Waals surface area (Å²) in [5, 5.41) is 9.18. The van der Waals surface area contributed by atoms with Crippen molar-refractivity contribution >= 4 is 41.4 Å². The van der Waals surface area contributed by atoms with Crippen LogP contribution in [0.4, 0.5) is 16.2 Å². The first-order valence-electron chi connectivity index (χ1n) is 12.6. The van der Waals surface area contributed by atoms with Crippen LogP contribution in [-0.2, 0) is 4.74 Å². The zero-order chi connectivity index (χ0) is 25.5. The number of urea groups is 1. The number of anilines is 2. The van der Waals surface area contributed by atoms with E-state index in [1.807, 2.05) is 55.5 Å². The van der Waals surface area contributed by atoms with E-state index in [4.69, 9.17) is 14.2 Å². The number of carbonyl (C=O) groups is 1. The van der Waals surface area contributed by atoms with Crippen LogP contribution in [-0.4, -0.2) is 65.1 Å². The molecule has 0 spiro atoms. The molecule has 2 N–H and O–H groups in total. The summed E-state index contributed by atoms with van der Waals surface area (Å²) >= 11 is 0. The lowest BCUT2D eigenvalue weighted by molar-refractivity contribution is 0.0323. The molecule has 3 aromatic rings. The quantitative estimate of drug-likeness (QED) is 0.393. The van der Waals surface area contributed by atoms with Gasteiger partial charge >= 0.3 is 6.03 Å². The molecule has 0 radical (unpaired) electrons. The maximum atomic E-state index is 13.1. The molecule has 0 saturated carbocycles. The van der Waals surface area contributed by atoms with Crippen molar-refractivity contribution in [3.63, 3.8) is 0 Å². The number of nitrogens with one attached hydrogen (secondary N) is 2. The van der Waals surface area contributed by atoms with Gasteiger partial charge in [0.25, 0.3) is 0 Å². The monoisotopic (exact) mass is 507 g/mol. The number of benzene rings is 3. The zero-order valence-corrected chi connectivity index (χ0v) is 22.7. The van der Waals surface area contributed by atoms with Gasteiger partial charge < -0.3 is 24.8 Å². The van der Waals surface area contributed by atoms with Gasteiger partial charge in [0.1, 0.15) is 18.1 Å². The maximum Gasteiger partial charge on any atom is 0.323 e. The molecule has 0 atom stereocenters. The summed E-state index contributed by atoms with van der Waals surface area (Å²) in [6.45, 7) is 14.2. The number of amides is 2. The molecular formula is C28H37N3O4Si. The van der Waals surface area contributed by atoms with E-state index in [2.05, 4.69) is 41.2 Å². The number of fused-ring (bicyclic) bond motifs is 1. The van der Waals surface area contributed by atoms with Crippen molar-refractivity contribution in [1.29, 1.82) is 0 Å². The lowest BCUT2D eigenvalue weighted by atomic mass is 10.1. The molecule has 7 nitrogen and oxygen atoms in total. The largest absolute Gasteiger partial charge is 0.492 e. The van der Waals surface area contributed by atoms with Crippen molar-refractivity contribution in [3.8, 4) is 11.5 Å². The Kier molecular flexibility index (Phi) is 8.50. The molecule has 1 aliphatic rings. The SMILES string of the molecule is CCOc1ccc([Si](C)(C)C)cc1NC(=O)Nc1ccc(OCCN2CCOCC2)c2ccccc12. The minimum atomic E-state index is -1.55. The van der Waals surface area contributed by atoms with Gasteiger partial charge in [-0.1, -0.05) is 55.2 Å². The smallest absolute Gasteiger partial charge is 0.323 e. The van der Waals surface area contributed by atoms with Crippen molar-refractivity contribution in [2.24, 2.45) is 0 Å². The highest BCUT2D eigenvalue weighted by atomic mass is 28.3. The molecular weight excluding hydrogens is 470 g/mol. The molecule has 8 heteroatoms. The first-order valence-corrected chi connectivity index (χ1v) is 16.1. The Bertz CT molecular complexity index is 1190. The summed E-state index contributed by atoms with van der Waals surface area (Å²) < 4.78 is 17.3. The zero-order valence-electron chi connectivity index (χ0n) is 21.7. The third-order valence-corrected chi connectivity index (χ3v) is 8.34. The Morgan fingerprint density at radius 2 is 1.61 bits per heavy atom. The van der Waals surface area contributed by atoms with Gasteiger partial charge in [-0.2, -0.15) is 0 Å². The Morgan fingerprint density at radius 1 is 0.917 bits per heavy atom. The average molecular weight is 508 g/mol. The predicted octanol–water partition coefficient (Wildman–Crippen LogP) is 5.14. The molecule has 0 aromatic heterocycles. The van der Waals surface area contributed by atoms with Gasteiger partial charge in [0.05, 0.1) is 39.3 Å². The van der Waals surface area contributed by atoms with E-state index in [9.17, 15) is 4.79 Å². The van der Waals surface area contributed by atoms with Gasteiger partial charge in [-0.25, -0.2) is 4.79 Å². The number of ether oxygens (including phenoxy) is 3. The molecule has 2 amide bonds. The Hall–Kier alpha value is -3.07. The minimum Gasteiger partial charge on any atom is -0.492 e. The first-order chi connectivity index (χ1) is 17.3. The molecule has 3 aromatic carbocycles. The Labute approximate surface area is 214 Å². The van der Waals surface area contributed by atoms with Crippen LogP contribution in [0.3, 0.4) is 0 Å². The van der Waals surface area contributed by atoms with Crippen LogP contribution in [0.2, 0.25) is 19.6 Å². The molecule has 1 saturated heterocycles. The number of nitrogens with zero attached hydrogens (tertiary/aromatic N) is 1. The van der Waals surface area contributed by atoms with Crippen LogP contribution in [0.15, 0.2) is 54.6 Å². The van der Waals surface area contributed by atoms with Crippen molar-refractivity contribution < 1.29 is 19.0 Å². The number of morpholine rings is 1. The van der Waals surface area contributed by atoms with Crippen LogP contribution < -0.4 is 25.3 Å². The second-order valence-corrected chi connectivity index (χ2v) is 15.0. The highest BCUT2D eigenvalue weighted by Crippen LogP contribution is 2.32. The van der Waals surface area contributed by atoms with Crippen LogP contribution >= 0.6 is 0 Å². The molecule has 1 fully saturated rings. The summed E-state index contributed by atoms with van der Waals surface area (Å²) in [5.41, 5.74) is 1.41. The third kappa shape index (κ3) is 6.57. The molecule has 0 bridgehead atoms. The fourth-order valence-corrected chi connectivity index (χ4v) is 5.43. The van der Waals surface area contributed by atoms with Gasteiger partial charge in [-0.05, 0) is 31.2 Å². The fraction of sp³-hybridized carbons (Fsp3) is 0.393. The summed E-state index contributed by atoms with van der Waals surface area (Å²) in [7, 11) is -1.55. The van der Waals surface area contributed by atoms with Crippen LogP contribution in [0.5, 0.6) is 11.5 Å². The summed E-state index contributed by atoms with van der Waals surface area (Å²) in [6, 6.07) is 17.6. The van der Waals surface area contributed by atoms with Crippen molar-refractivity contribution in [1.82, 2.24) is 4.90 Å². The van der Waals surface area contributed by atoms with Crippen molar-refractivity contribution in [2.45, 2.75) is 26.6 Å². The molecule has 192 valence electrons. The summed E-state index contributed by atoms with van der Waals surface area (Å²) in [5.74, 6) is 1.48. The second kappa shape index (κ2) is 11.8. The van der Waals surface area contributed by atoms with Crippen molar-refractivity contribution in [2.75, 3.05) is 56.7 Å². The highest BCUT2D eigenvalue weighted by molar-refractivity contribution is 6.88. The fourth-order valence-electron chi connectivity index (χ4n) is 4.27. The number of rotatable bonds is 9. The van der Waals surface area contributed by atoms with E-state index >= 15 is 0 Å². The van der Waals surface area contributed by atoms with Gasteiger partial charge in [-0.15, -0.1) is 0 Å². The van der Waals surface area contributed by atoms with Crippen LogP contribution in [0, 0.1) is 0 Å². The van der Waals surface area contributed by atoms with Crippen molar-refractivity contribution in [3.05, 3.63) is 54.6 Å². The van der Waals surface area contributed by atoms with E-state index < -0.39 is 8.07 Å². The second-order valence-electron chi connectivity index (χ2n) is 9.93. The predicted molar refractivity (Wildman–Crippen MR) is 150 cm³/mol. The van der Waals surface area contributed by atoms with Crippen LogP contribution in [0.1, 0.15) is 6.92 Å². The highest BCUT2D eigenvalue weighted by Gasteiger charge is 2.19. The molecule has 0 unspecified atom stereocenters. The molecule has 1 heterocycles. The maximum absolute atomic E-state index is 13.1. The van der Waals surface area contributed by atoms with E-state index in [1.165, 1.54) is 5.19 Å². The van der Waals surface area contributed by atoms with E-state index in [0.29, 0.717) is 24.7 Å². The number of hydrogen-bond donors (Lipinski definition) is 2. The standard InChI is InChI=1S/C28H37N3O4Si/c1-5-34-27-12-10-21(36(2,3)4)20-25(27)30-28(32)29-24-11-13-26(23-9-7-6-8-22(23)24)35-19-16-31-14-17-33-18-15-31/h6-13,20H,5,14-19H2,1-4H3,(H2,29,30,32). The lowest BCUT2D eigenvalue weighted by Gasteiger charge is -2.26. The number of hydrogen-bond acceptors (Lipinski definition) is 5. The molecule has 36 heavy (non-hydrogen) atoms. The Morgan fingerprint density at radius 3 is 2.33 bits per heavy atom. The topological polar surface area (TPSA) is 72.1 Å². The first kappa shape index (κ1) is 26.0. The molecule has 1 aliphatic heterocycles. The van der Waals surface area contributed by atoms with E-state index in [1.54, 1.807) is 0 Å². The molecule has 0 aliphatic carbocycles. The minimum absolute atomic E-state index is 0.310. The van der Waals surface area contributed by atoms with Gasteiger partial charge in [0.15, 0.2) is 0 Å². The van der Waals surface area contributed by atoms with Gasteiger partial charge in [0.2, 0.25) is 0 Å². The Balaban J connectivity index is 1.48. The van der Waals surface area contributed by atoms with E-state index in [0.717, 1.165) is 55.1 Å². The average Bonchev–Trinajstić information content (AvgIpc) is 2.86. The van der Waals surface area contributed by atoms with Gasteiger partial charge in [-0.3, -0.25) is 4.90 Å². The lowest BCUT2D eigenvalue weighted by Crippen LogP contribution is -2.38. The van der Waals surface area contributed by atoms with Crippen LogP contribution in [0.25, 0.3) is 10.8 Å². The molecule has 4 rings (SSSR count). The third-order valence-electron chi connectivity index (χ3n) is 6.29.